The molecule has 3 amide bonds. The third kappa shape index (κ3) is 6.77. The van der Waals surface area contributed by atoms with Gasteiger partial charge in [0.05, 0.1) is 13.3 Å². The van der Waals surface area contributed by atoms with Gasteiger partial charge in [-0.3, -0.25) is 10.1 Å². The van der Waals surface area contributed by atoms with Crippen molar-refractivity contribution in [2.75, 3.05) is 20.8 Å². The van der Waals surface area contributed by atoms with Crippen LogP contribution < -0.4 is 15.4 Å². The van der Waals surface area contributed by atoms with Gasteiger partial charge in [-0.2, -0.15) is 0 Å². The summed E-state index contributed by atoms with van der Waals surface area (Å²) in [5, 5.41) is 7.81. The Hall–Kier alpha value is -3.10. The second kappa shape index (κ2) is 9.82. The number of benzene rings is 1. The van der Waals surface area contributed by atoms with Crippen LogP contribution in [0.3, 0.4) is 0 Å². The van der Waals surface area contributed by atoms with Crippen molar-refractivity contribution in [1.82, 2.24) is 10.6 Å². The number of oxime groups is 1. The van der Waals surface area contributed by atoms with Crippen LogP contribution in [0.4, 0.5) is 4.79 Å². The first-order valence-electron chi connectivity index (χ1n) is 6.97. The predicted molar refractivity (Wildman–Crippen MR) is 84.7 cm³/mol. The summed E-state index contributed by atoms with van der Waals surface area (Å²) >= 11 is 0. The van der Waals surface area contributed by atoms with Crippen LogP contribution in [0.5, 0.6) is 5.75 Å². The standard InChI is InChI=1S/C15H19N3O6/c1-10(14(20)18-15(21)16-2)24-13(19)9-23-17-8-11-4-6-12(22-3)7-5-11/h4-8,10H,9H2,1-3H3,(H2,16,18,20,21)/b17-8-/t10-/m0/s1. The van der Waals surface area contributed by atoms with Crippen molar-refractivity contribution in [1.29, 1.82) is 0 Å². The summed E-state index contributed by atoms with van der Waals surface area (Å²) < 4.78 is 9.81. The summed E-state index contributed by atoms with van der Waals surface area (Å²) in [7, 11) is 2.92. The second-order valence-electron chi connectivity index (χ2n) is 4.48. The molecule has 130 valence electrons. The van der Waals surface area contributed by atoms with Crippen molar-refractivity contribution >= 4 is 24.1 Å². The van der Waals surface area contributed by atoms with Gasteiger partial charge in [0.1, 0.15) is 5.75 Å². The fourth-order valence-electron chi connectivity index (χ4n) is 1.44. The molecule has 0 heterocycles. The van der Waals surface area contributed by atoms with Crippen molar-refractivity contribution in [2.24, 2.45) is 5.16 Å². The Kier molecular flexibility index (Phi) is 7.76. The molecule has 1 aromatic rings. The number of methoxy groups -OCH3 is 1. The highest BCUT2D eigenvalue weighted by molar-refractivity contribution is 5.97. The molecule has 1 aromatic carbocycles. The van der Waals surface area contributed by atoms with E-state index >= 15 is 0 Å². The summed E-state index contributed by atoms with van der Waals surface area (Å²) in [4.78, 5) is 38.7. The van der Waals surface area contributed by atoms with Gasteiger partial charge in [0.15, 0.2) is 6.10 Å². The minimum atomic E-state index is -1.14. The van der Waals surface area contributed by atoms with Gasteiger partial charge >= 0.3 is 12.0 Å². The Balaban J connectivity index is 2.33. The molecule has 0 saturated heterocycles. The normalized spacial score (nSPS) is 11.5. The van der Waals surface area contributed by atoms with Crippen molar-refractivity contribution in [3.8, 4) is 5.75 Å². The number of imide groups is 1. The topological polar surface area (TPSA) is 115 Å². The van der Waals surface area contributed by atoms with Gasteiger partial charge in [-0.25, -0.2) is 9.59 Å². The number of ether oxygens (including phenoxy) is 2. The molecule has 1 atom stereocenters. The minimum absolute atomic E-state index is 0.468. The average Bonchev–Trinajstić information content (AvgIpc) is 2.58. The Morgan fingerprint density at radius 1 is 1.25 bits per heavy atom. The fourth-order valence-corrected chi connectivity index (χ4v) is 1.44. The van der Waals surface area contributed by atoms with Gasteiger partial charge in [-0.05, 0) is 36.8 Å². The van der Waals surface area contributed by atoms with Crippen LogP contribution in [0.25, 0.3) is 0 Å². The molecule has 0 unspecified atom stereocenters. The van der Waals surface area contributed by atoms with Gasteiger partial charge < -0.3 is 19.6 Å². The number of rotatable bonds is 7. The number of carbonyl (C=O) groups is 3. The lowest BCUT2D eigenvalue weighted by atomic mass is 10.2. The quantitative estimate of drug-likeness (QED) is 0.424. The number of esters is 1. The van der Waals surface area contributed by atoms with E-state index in [0.29, 0.717) is 5.75 Å². The first-order valence-corrected chi connectivity index (χ1v) is 6.97. The van der Waals surface area contributed by atoms with Crippen LogP contribution in [-0.4, -0.2) is 51.0 Å². The van der Waals surface area contributed by atoms with Crippen molar-refractivity contribution in [3.63, 3.8) is 0 Å². The third-order valence-electron chi connectivity index (χ3n) is 2.72. The van der Waals surface area contributed by atoms with E-state index < -0.39 is 30.6 Å². The maximum Gasteiger partial charge on any atom is 0.347 e. The second-order valence-corrected chi connectivity index (χ2v) is 4.48. The van der Waals surface area contributed by atoms with Crippen molar-refractivity contribution in [2.45, 2.75) is 13.0 Å². The SMILES string of the molecule is CNC(=O)NC(=O)[C@H](C)OC(=O)CO/N=C\c1ccc(OC)cc1. The number of hydrogen-bond donors (Lipinski definition) is 2. The van der Waals surface area contributed by atoms with Gasteiger partial charge in [-0.15, -0.1) is 0 Å². The molecular formula is C15H19N3O6. The van der Waals surface area contributed by atoms with Crippen molar-refractivity contribution < 1.29 is 28.7 Å². The van der Waals surface area contributed by atoms with Gasteiger partial charge in [0, 0.05) is 7.05 Å². The third-order valence-corrected chi connectivity index (χ3v) is 2.72. The monoisotopic (exact) mass is 337 g/mol. The Morgan fingerprint density at radius 2 is 1.92 bits per heavy atom. The van der Waals surface area contributed by atoms with Crippen LogP contribution in [-0.2, 0) is 19.2 Å². The van der Waals surface area contributed by atoms with Crippen molar-refractivity contribution in [3.05, 3.63) is 29.8 Å². The van der Waals surface area contributed by atoms with E-state index in [9.17, 15) is 14.4 Å². The minimum Gasteiger partial charge on any atom is -0.497 e. The molecular weight excluding hydrogens is 318 g/mol. The highest BCUT2D eigenvalue weighted by atomic mass is 16.7. The van der Waals surface area contributed by atoms with Crippen LogP contribution in [0.1, 0.15) is 12.5 Å². The predicted octanol–water partition coefficient (Wildman–Crippen LogP) is 0.433. The molecule has 1 rings (SSSR count). The number of carbonyl (C=O) groups excluding carboxylic acids is 3. The van der Waals surface area contributed by atoms with Gasteiger partial charge in [0.25, 0.3) is 5.91 Å². The summed E-state index contributed by atoms with van der Waals surface area (Å²) in [6.45, 7) is 0.862. The first kappa shape index (κ1) is 18.9. The first-order chi connectivity index (χ1) is 11.5. The Bertz CT molecular complexity index is 600. The molecule has 0 aliphatic heterocycles. The maximum absolute atomic E-state index is 11.5. The molecule has 0 aliphatic carbocycles. The molecule has 24 heavy (non-hydrogen) atoms. The molecule has 0 fully saturated rings. The summed E-state index contributed by atoms with van der Waals surface area (Å²) in [6.07, 6.45) is 0.276. The van der Waals surface area contributed by atoms with E-state index in [2.05, 4.69) is 10.5 Å². The summed E-state index contributed by atoms with van der Waals surface area (Å²) in [5.74, 6) is -0.827. The number of amides is 3. The van der Waals surface area contributed by atoms with Gasteiger partial charge in [0.2, 0.25) is 6.61 Å². The lowest BCUT2D eigenvalue weighted by Crippen LogP contribution is -2.43. The Labute approximate surface area is 138 Å². The van der Waals surface area contributed by atoms with E-state index in [0.717, 1.165) is 5.56 Å². The van der Waals surface area contributed by atoms with E-state index in [-0.39, 0.29) is 0 Å². The molecule has 9 heteroatoms. The van der Waals surface area contributed by atoms with E-state index in [1.165, 1.54) is 20.2 Å². The maximum atomic E-state index is 11.5. The average molecular weight is 337 g/mol. The van der Waals surface area contributed by atoms with E-state index in [1.54, 1.807) is 31.4 Å². The van der Waals surface area contributed by atoms with E-state index in [1.807, 2.05) is 5.32 Å². The molecule has 0 saturated carbocycles. The van der Waals surface area contributed by atoms with E-state index in [4.69, 9.17) is 14.3 Å². The molecule has 0 aromatic heterocycles. The Morgan fingerprint density at radius 3 is 2.50 bits per heavy atom. The number of urea groups is 1. The molecule has 0 aliphatic rings. The summed E-state index contributed by atoms with van der Waals surface area (Å²) in [6, 6.07) is 6.33. The molecule has 0 bridgehead atoms. The summed E-state index contributed by atoms with van der Waals surface area (Å²) in [5.41, 5.74) is 0.752. The molecule has 0 radical (unpaired) electrons. The molecule has 0 spiro atoms. The number of nitrogens with zero attached hydrogens (tertiary/aromatic N) is 1. The van der Waals surface area contributed by atoms with Crippen LogP contribution in [0.15, 0.2) is 29.4 Å². The molecule has 9 nitrogen and oxygen atoms in total. The van der Waals surface area contributed by atoms with Gasteiger partial charge in [-0.1, -0.05) is 5.16 Å². The smallest absolute Gasteiger partial charge is 0.347 e. The number of nitrogens with one attached hydrogen (secondary N) is 2. The fraction of sp³-hybridized carbons (Fsp3) is 0.333. The zero-order valence-electron chi connectivity index (χ0n) is 13.6. The highest BCUT2D eigenvalue weighted by Gasteiger charge is 2.19. The zero-order chi connectivity index (χ0) is 17.9. The van der Waals surface area contributed by atoms with Crippen LogP contribution in [0.2, 0.25) is 0 Å². The lowest BCUT2D eigenvalue weighted by Gasteiger charge is -2.11. The molecule has 2 N–H and O–H groups in total. The largest absolute Gasteiger partial charge is 0.497 e. The zero-order valence-corrected chi connectivity index (χ0v) is 13.6. The van der Waals surface area contributed by atoms with Crippen LogP contribution in [0, 0.1) is 0 Å². The lowest BCUT2D eigenvalue weighted by molar-refractivity contribution is -0.158. The van der Waals surface area contributed by atoms with Crippen LogP contribution >= 0.6 is 0 Å². The number of hydrogen-bond acceptors (Lipinski definition) is 7. The highest BCUT2D eigenvalue weighted by Crippen LogP contribution is 2.09.